The van der Waals surface area contributed by atoms with Gasteiger partial charge in [0.25, 0.3) is 0 Å². The normalized spacial score (nSPS) is 17.8. The number of fused-ring (bicyclic) bond motifs is 1. The molecule has 0 amide bonds. The van der Waals surface area contributed by atoms with Crippen LogP contribution in [0.25, 0.3) is 17.0 Å². The predicted octanol–water partition coefficient (Wildman–Crippen LogP) is 3.57. The van der Waals surface area contributed by atoms with E-state index in [2.05, 4.69) is 52.8 Å². The summed E-state index contributed by atoms with van der Waals surface area (Å²) in [6.07, 6.45) is 8.38. The van der Waals surface area contributed by atoms with Crippen LogP contribution in [0.15, 0.2) is 36.4 Å². The molecular weight excluding hydrogens is 220 g/mol. The Morgan fingerprint density at radius 1 is 1.17 bits per heavy atom. The molecule has 0 unspecified atom stereocenters. The van der Waals surface area contributed by atoms with E-state index < -0.39 is 0 Å². The van der Waals surface area contributed by atoms with Crippen molar-refractivity contribution in [3.8, 4) is 0 Å². The average Bonchev–Trinajstić information content (AvgIpc) is 2.82. The molecule has 94 valence electrons. The van der Waals surface area contributed by atoms with Crippen molar-refractivity contribution in [3.05, 3.63) is 42.1 Å². The van der Waals surface area contributed by atoms with Crippen LogP contribution in [0, 0.1) is 5.92 Å². The average molecular weight is 240 g/mol. The molecule has 2 aromatic rings. The van der Waals surface area contributed by atoms with Gasteiger partial charge in [-0.15, -0.1) is 0 Å². The van der Waals surface area contributed by atoms with Gasteiger partial charge in [-0.05, 0) is 61.9 Å². The fourth-order valence-electron chi connectivity index (χ4n) is 2.69. The lowest BCUT2D eigenvalue weighted by atomic mass is 9.94. The molecule has 2 N–H and O–H groups in total. The van der Waals surface area contributed by atoms with Crippen molar-refractivity contribution >= 4 is 17.0 Å². The summed E-state index contributed by atoms with van der Waals surface area (Å²) in [4.78, 5) is 3.43. The molecule has 1 aromatic heterocycles. The second-order valence-electron chi connectivity index (χ2n) is 5.14. The quantitative estimate of drug-likeness (QED) is 0.843. The highest BCUT2D eigenvalue weighted by Crippen LogP contribution is 2.19. The standard InChI is InChI=1S/C16H20N2/c1-2-7-16-14(5-1)12-15(18-16)6-3-4-13-8-10-17-11-9-13/h1-3,5-7,12-13,17-18H,4,8-11H2. The third kappa shape index (κ3) is 2.65. The molecule has 1 aliphatic rings. The van der Waals surface area contributed by atoms with Crippen LogP contribution in [-0.4, -0.2) is 18.1 Å². The summed E-state index contributed by atoms with van der Waals surface area (Å²) >= 11 is 0. The number of aromatic nitrogens is 1. The van der Waals surface area contributed by atoms with Crippen molar-refractivity contribution in [2.75, 3.05) is 13.1 Å². The summed E-state index contributed by atoms with van der Waals surface area (Å²) in [6, 6.07) is 10.6. The van der Waals surface area contributed by atoms with Crippen LogP contribution in [0.3, 0.4) is 0 Å². The summed E-state index contributed by atoms with van der Waals surface area (Å²) in [5.74, 6) is 0.867. The Morgan fingerprint density at radius 3 is 2.83 bits per heavy atom. The summed E-state index contributed by atoms with van der Waals surface area (Å²) < 4.78 is 0. The molecule has 2 heterocycles. The molecule has 0 spiro atoms. The van der Waals surface area contributed by atoms with Crippen LogP contribution in [0.2, 0.25) is 0 Å². The number of rotatable bonds is 3. The largest absolute Gasteiger partial charge is 0.355 e. The maximum absolute atomic E-state index is 3.43. The Balaban J connectivity index is 1.64. The van der Waals surface area contributed by atoms with Crippen molar-refractivity contribution in [1.29, 1.82) is 0 Å². The maximum atomic E-state index is 3.43. The summed E-state index contributed by atoms with van der Waals surface area (Å²) in [5.41, 5.74) is 2.43. The van der Waals surface area contributed by atoms with Crippen LogP contribution < -0.4 is 5.32 Å². The lowest BCUT2D eigenvalue weighted by Gasteiger charge is -2.20. The van der Waals surface area contributed by atoms with Gasteiger partial charge < -0.3 is 10.3 Å². The number of allylic oxidation sites excluding steroid dienone is 1. The van der Waals surface area contributed by atoms with E-state index in [0.29, 0.717) is 0 Å². The van der Waals surface area contributed by atoms with Crippen molar-refractivity contribution in [2.45, 2.75) is 19.3 Å². The number of H-pyrrole nitrogens is 1. The number of hydrogen-bond acceptors (Lipinski definition) is 1. The maximum Gasteiger partial charge on any atom is 0.0458 e. The molecule has 0 aliphatic carbocycles. The van der Waals surface area contributed by atoms with Gasteiger partial charge in [0.2, 0.25) is 0 Å². The van der Waals surface area contributed by atoms with Gasteiger partial charge in [-0.25, -0.2) is 0 Å². The van der Waals surface area contributed by atoms with Crippen LogP contribution in [0.1, 0.15) is 25.0 Å². The van der Waals surface area contributed by atoms with Crippen molar-refractivity contribution < 1.29 is 0 Å². The zero-order valence-corrected chi connectivity index (χ0v) is 10.7. The zero-order valence-electron chi connectivity index (χ0n) is 10.7. The molecule has 18 heavy (non-hydrogen) atoms. The van der Waals surface area contributed by atoms with E-state index in [1.807, 2.05) is 0 Å². The summed E-state index contributed by atoms with van der Waals surface area (Å²) in [5, 5.41) is 4.70. The first-order valence-corrected chi connectivity index (χ1v) is 6.87. The number of para-hydroxylation sites is 1. The fourth-order valence-corrected chi connectivity index (χ4v) is 2.69. The molecule has 2 nitrogen and oxygen atoms in total. The van der Waals surface area contributed by atoms with Gasteiger partial charge in [0, 0.05) is 11.2 Å². The SMILES string of the molecule is C(=Cc1cc2ccccc2[nH]1)CC1CCNCC1. The third-order valence-corrected chi connectivity index (χ3v) is 3.78. The van der Waals surface area contributed by atoms with Gasteiger partial charge in [0.05, 0.1) is 0 Å². The van der Waals surface area contributed by atoms with E-state index in [1.54, 1.807) is 0 Å². The molecular formula is C16H20N2. The van der Waals surface area contributed by atoms with Crippen molar-refractivity contribution in [1.82, 2.24) is 10.3 Å². The number of hydrogen-bond donors (Lipinski definition) is 2. The number of aromatic amines is 1. The molecule has 0 bridgehead atoms. The molecule has 1 aliphatic heterocycles. The topological polar surface area (TPSA) is 27.8 Å². The molecule has 2 heteroatoms. The molecule has 3 rings (SSSR count). The van der Waals surface area contributed by atoms with Crippen LogP contribution in [-0.2, 0) is 0 Å². The smallest absolute Gasteiger partial charge is 0.0458 e. The van der Waals surface area contributed by atoms with E-state index >= 15 is 0 Å². The Kier molecular flexibility index (Phi) is 3.47. The second-order valence-corrected chi connectivity index (χ2v) is 5.14. The summed E-state index contributed by atoms with van der Waals surface area (Å²) in [6.45, 7) is 2.37. The van der Waals surface area contributed by atoms with Crippen LogP contribution >= 0.6 is 0 Å². The minimum absolute atomic E-state index is 0.867. The molecule has 1 fully saturated rings. The van der Waals surface area contributed by atoms with Crippen molar-refractivity contribution in [3.63, 3.8) is 0 Å². The van der Waals surface area contributed by atoms with E-state index in [9.17, 15) is 0 Å². The van der Waals surface area contributed by atoms with Crippen LogP contribution in [0.4, 0.5) is 0 Å². The Bertz CT molecular complexity index is 500. The van der Waals surface area contributed by atoms with E-state index in [-0.39, 0.29) is 0 Å². The molecule has 0 saturated carbocycles. The zero-order chi connectivity index (χ0) is 12.2. The number of benzene rings is 1. The highest BCUT2D eigenvalue weighted by atomic mass is 14.9. The van der Waals surface area contributed by atoms with E-state index in [1.165, 1.54) is 48.9 Å². The minimum atomic E-state index is 0.867. The van der Waals surface area contributed by atoms with Gasteiger partial charge >= 0.3 is 0 Å². The lowest BCUT2D eigenvalue weighted by Crippen LogP contribution is -2.27. The second kappa shape index (κ2) is 5.40. The molecule has 1 saturated heterocycles. The molecule has 0 radical (unpaired) electrons. The molecule has 1 aromatic carbocycles. The fraction of sp³-hybridized carbons (Fsp3) is 0.375. The first-order chi connectivity index (χ1) is 8.92. The van der Waals surface area contributed by atoms with Gasteiger partial charge in [-0.3, -0.25) is 0 Å². The van der Waals surface area contributed by atoms with Gasteiger partial charge in [0.1, 0.15) is 0 Å². The highest BCUT2D eigenvalue weighted by Gasteiger charge is 2.10. The molecule has 0 atom stereocenters. The van der Waals surface area contributed by atoms with E-state index in [0.717, 1.165) is 5.92 Å². The number of nitrogens with one attached hydrogen (secondary N) is 2. The van der Waals surface area contributed by atoms with Crippen LogP contribution in [0.5, 0.6) is 0 Å². The minimum Gasteiger partial charge on any atom is -0.355 e. The van der Waals surface area contributed by atoms with E-state index in [4.69, 9.17) is 0 Å². The van der Waals surface area contributed by atoms with Gasteiger partial charge in [-0.2, -0.15) is 0 Å². The number of piperidine rings is 1. The Hall–Kier alpha value is -1.54. The van der Waals surface area contributed by atoms with Crippen molar-refractivity contribution in [2.24, 2.45) is 5.92 Å². The highest BCUT2D eigenvalue weighted by molar-refractivity contribution is 5.82. The monoisotopic (exact) mass is 240 g/mol. The third-order valence-electron chi connectivity index (χ3n) is 3.78. The first kappa shape index (κ1) is 11.5. The Labute approximate surface area is 108 Å². The summed E-state index contributed by atoms with van der Waals surface area (Å²) in [7, 11) is 0. The Morgan fingerprint density at radius 2 is 2.00 bits per heavy atom. The lowest BCUT2D eigenvalue weighted by molar-refractivity contribution is 0.378. The van der Waals surface area contributed by atoms with Gasteiger partial charge in [0.15, 0.2) is 0 Å². The first-order valence-electron chi connectivity index (χ1n) is 6.87. The predicted molar refractivity (Wildman–Crippen MR) is 77.5 cm³/mol. The van der Waals surface area contributed by atoms with Gasteiger partial charge in [-0.1, -0.05) is 24.3 Å².